The van der Waals surface area contributed by atoms with Crippen LogP contribution >= 0.6 is 0 Å². The van der Waals surface area contributed by atoms with E-state index in [9.17, 15) is 0 Å². The van der Waals surface area contributed by atoms with E-state index >= 15 is 0 Å². The molecule has 9 rings (SSSR count). The van der Waals surface area contributed by atoms with Gasteiger partial charge >= 0.3 is 21.1 Å². The van der Waals surface area contributed by atoms with E-state index in [4.69, 9.17) is 18.2 Å². The molecule has 216 valence electrons. The summed E-state index contributed by atoms with van der Waals surface area (Å²) >= 11 is 0. The van der Waals surface area contributed by atoms with Gasteiger partial charge in [-0.1, -0.05) is 41.3 Å². The fraction of sp³-hybridized carbons (Fsp3) is 0. The number of fused-ring (bicyclic) bond motifs is 4. The number of aromatic nitrogens is 5. The zero-order valence-electron chi connectivity index (χ0n) is 23.2. The van der Waals surface area contributed by atoms with Crippen LogP contribution in [0.2, 0.25) is 0 Å². The molecule has 5 aromatic heterocycles. The molecule has 0 amide bonds. The Bertz CT molecular complexity index is 2450. The van der Waals surface area contributed by atoms with Gasteiger partial charge in [0.2, 0.25) is 11.8 Å². The van der Waals surface area contributed by atoms with Crippen molar-refractivity contribution in [3.8, 4) is 51.3 Å². The molecule has 0 fully saturated rings. The first-order valence-corrected chi connectivity index (χ1v) is 13.9. The Morgan fingerprint density at radius 3 is 2.24 bits per heavy atom. The van der Waals surface area contributed by atoms with E-state index in [-0.39, 0.29) is 21.1 Å². The van der Waals surface area contributed by atoms with Gasteiger partial charge in [0, 0.05) is 17.3 Å². The minimum atomic E-state index is 0. The van der Waals surface area contributed by atoms with Gasteiger partial charge in [0.05, 0.1) is 17.9 Å². The van der Waals surface area contributed by atoms with Crippen LogP contribution in [0.3, 0.4) is 0 Å². The molecule has 5 heterocycles. The molecular weight excluding hydrogens is 746 g/mol. The quantitative estimate of drug-likeness (QED) is 0.162. The predicted octanol–water partition coefficient (Wildman–Crippen LogP) is 8.56. The molecule has 9 aromatic rings. The van der Waals surface area contributed by atoms with Crippen molar-refractivity contribution in [3.63, 3.8) is 0 Å². The largest absolute Gasteiger partial charge is 2.00 e. The van der Waals surface area contributed by atoms with Crippen LogP contribution in [0.5, 0.6) is 0 Å². The second-order valence-corrected chi connectivity index (χ2v) is 10.2. The maximum absolute atomic E-state index is 6.25. The van der Waals surface area contributed by atoms with Crippen molar-refractivity contribution in [3.05, 3.63) is 128 Å². The van der Waals surface area contributed by atoms with Crippen molar-refractivity contribution < 1.29 is 34.3 Å². The number of oxazole rings is 3. The van der Waals surface area contributed by atoms with Crippen LogP contribution < -0.4 is 0 Å². The zero-order valence-corrected chi connectivity index (χ0v) is 25.5. The first kappa shape index (κ1) is 27.0. The standard InChI is InChI=1S/C36H19N5O3.Pt/c1-2-7-31-27(5-1)28-10-8-22(36-40-30-11-9-23(21-33(30)44-36)34-38-13-15-42-34)20-32(28)41(31)26-18-24(29-6-3-4-12-37-29)17-25(19-26)35-39-14-16-43-35;/h1-17,19,21H;/q-2;+2. The Labute approximate surface area is 270 Å². The van der Waals surface area contributed by atoms with Gasteiger partial charge in [-0.25, -0.2) is 9.97 Å². The number of hydrogen-bond donors (Lipinski definition) is 0. The van der Waals surface area contributed by atoms with E-state index in [2.05, 4.69) is 49.9 Å². The van der Waals surface area contributed by atoms with Crippen LogP contribution in [0.25, 0.3) is 84.2 Å². The third-order valence-corrected chi connectivity index (χ3v) is 7.60. The summed E-state index contributed by atoms with van der Waals surface area (Å²) in [6, 6.07) is 35.1. The maximum Gasteiger partial charge on any atom is 2.00 e. The van der Waals surface area contributed by atoms with Gasteiger partial charge in [0.1, 0.15) is 24.0 Å². The molecule has 0 spiro atoms. The van der Waals surface area contributed by atoms with Gasteiger partial charge < -0.3 is 22.8 Å². The van der Waals surface area contributed by atoms with Crippen molar-refractivity contribution in [2.24, 2.45) is 0 Å². The molecule has 0 radical (unpaired) electrons. The van der Waals surface area contributed by atoms with Gasteiger partial charge in [-0.3, -0.25) is 4.98 Å². The molecule has 0 aliphatic rings. The molecule has 9 heteroatoms. The Morgan fingerprint density at radius 1 is 0.622 bits per heavy atom. The van der Waals surface area contributed by atoms with Crippen molar-refractivity contribution in [1.82, 2.24) is 24.5 Å². The number of nitrogens with zero attached hydrogens (tertiary/aromatic N) is 5. The van der Waals surface area contributed by atoms with Gasteiger partial charge in [-0.05, 0) is 58.2 Å². The predicted molar refractivity (Wildman–Crippen MR) is 166 cm³/mol. The van der Waals surface area contributed by atoms with E-state index in [1.54, 1.807) is 31.1 Å². The van der Waals surface area contributed by atoms with E-state index in [1.807, 2.05) is 66.7 Å². The third kappa shape index (κ3) is 4.58. The second kappa shape index (κ2) is 10.8. The number of rotatable bonds is 5. The van der Waals surface area contributed by atoms with Crippen molar-refractivity contribution in [2.45, 2.75) is 0 Å². The SMILES string of the molecule is [Pt+2].[c-]1c(-c2ccccn2)cc(-c2ncco2)cc1-n1c2[c-]c(-c3nc4ccc(-c5ncco5)cc4o3)ccc2c2ccccc21. The Hall–Kier alpha value is -5.59. The van der Waals surface area contributed by atoms with E-state index in [0.29, 0.717) is 23.3 Å². The molecule has 4 aromatic carbocycles. The third-order valence-electron chi connectivity index (χ3n) is 7.60. The number of benzene rings is 4. The van der Waals surface area contributed by atoms with Gasteiger partial charge in [-0.15, -0.1) is 42.0 Å². The summed E-state index contributed by atoms with van der Waals surface area (Å²) in [6.45, 7) is 0. The molecule has 0 unspecified atom stereocenters. The maximum atomic E-state index is 6.25. The first-order chi connectivity index (χ1) is 21.8. The molecular formula is C36H19N5O3Pt. The monoisotopic (exact) mass is 764 g/mol. The van der Waals surface area contributed by atoms with E-state index in [1.165, 1.54) is 0 Å². The topological polar surface area (TPSA) is 95.9 Å². The van der Waals surface area contributed by atoms with E-state index in [0.717, 1.165) is 61.0 Å². The van der Waals surface area contributed by atoms with Crippen LogP contribution in [-0.4, -0.2) is 24.5 Å². The Kier molecular flexibility index (Phi) is 6.50. The molecule has 0 saturated heterocycles. The molecule has 0 aliphatic heterocycles. The summed E-state index contributed by atoms with van der Waals surface area (Å²) in [7, 11) is 0. The molecule has 0 aliphatic carbocycles. The number of hydrogen-bond acceptors (Lipinski definition) is 7. The van der Waals surface area contributed by atoms with Gasteiger partial charge in [-0.2, -0.15) is 0 Å². The van der Waals surface area contributed by atoms with Crippen molar-refractivity contribution in [2.75, 3.05) is 0 Å². The van der Waals surface area contributed by atoms with Crippen LogP contribution in [0.15, 0.2) is 129 Å². The summed E-state index contributed by atoms with van der Waals surface area (Å²) in [5.74, 6) is 1.50. The van der Waals surface area contributed by atoms with Crippen LogP contribution in [0.1, 0.15) is 0 Å². The summed E-state index contributed by atoms with van der Waals surface area (Å²) in [5.41, 5.74) is 8.01. The van der Waals surface area contributed by atoms with Crippen molar-refractivity contribution in [1.29, 1.82) is 0 Å². The van der Waals surface area contributed by atoms with Gasteiger partial charge in [0.15, 0.2) is 0 Å². The smallest absolute Gasteiger partial charge is 0.481 e. The van der Waals surface area contributed by atoms with Crippen molar-refractivity contribution >= 4 is 32.9 Å². The summed E-state index contributed by atoms with van der Waals surface area (Å²) in [6.07, 6.45) is 8.15. The molecule has 0 atom stereocenters. The Balaban J connectivity index is 0.00000300. The molecule has 45 heavy (non-hydrogen) atoms. The minimum absolute atomic E-state index is 0. The second-order valence-electron chi connectivity index (χ2n) is 10.2. The van der Waals surface area contributed by atoms with E-state index < -0.39 is 0 Å². The summed E-state index contributed by atoms with van der Waals surface area (Å²) in [4.78, 5) is 18.0. The molecule has 0 N–H and O–H groups in total. The molecule has 0 saturated carbocycles. The zero-order chi connectivity index (χ0) is 29.0. The molecule has 0 bridgehead atoms. The average Bonchev–Trinajstić information content (AvgIpc) is 3.90. The normalized spacial score (nSPS) is 11.4. The minimum Gasteiger partial charge on any atom is -0.481 e. The summed E-state index contributed by atoms with van der Waals surface area (Å²) < 4.78 is 19.6. The fourth-order valence-corrected chi connectivity index (χ4v) is 5.63. The Morgan fingerprint density at radius 2 is 1.44 bits per heavy atom. The number of para-hydroxylation sites is 1. The number of pyridine rings is 1. The average molecular weight is 765 g/mol. The first-order valence-electron chi connectivity index (χ1n) is 13.9. The van der Waals surface area contributed by atoms with Crippen LogP contribution in [0, 0.1) is 12.1 Å². The fourth-order valence-electron chi connectivity index (χ4n) is 5.63. The summed E-state index contributed by atoms with van der Waals surface area (Å²) in [5, 5.41) is 2.13. The van der Waals surface area contributed by atoms with Crippen LogP contribution in [-0.2, 0) is 21.1 Å². The van der Waals surface area contributed by atoms with Gasteiger partial charge in [0.25, 0.3) is 0 Å². The molecule has 8 nitrogen and oxygen atoms in total. The van der Waals surface area contributed by atoms with Crippen LogP contribution in [0.4, 0.5) is 0 Å².